The first-order chi connectivity index (χ1) is 11.7. The fourth-order valence-electron chi connectivity index (χ4n) is 3.58. The van der Waals surface area contributed by atoms with Gasteiger partial charge in [0.15, 0.2) is 11.6 Å². The summed E-state index contributed by atoms with van der Waals surface area (Å²) in [5.41, 5.74) is 1.87. The molecule has 6 heteroatoms. The SMILES string of the molecule is CCc1[nH]n(C2CCCC2)c2nc(-c3cccc(O)c3)nc(=O)c1-2. The number of hydrogen-bond acceptors (Lipinski definition) is 4. The predicted molar refractivity (Wildman–Crippen MR) is 91.2 cm³/mol. The van der Waals surface area contributed by atoms with Crippen molar-refractivity contribution in [2.24, 2.45) is 0 Å². The van der Waals surface area contributed by atoms with Crippen molar-refractivity contribution in [2.45, 2.75) is 45.1 Å². The van der Waals surface area contributed by atoms with Gasteiger partial charge in [0, 0.05) is 11.3 Å². The lowest BCUT2D eigenvalue weighted by molar-refractivity contribution is 0.464. The Morgan fingerprint density at radius 2 is 2.08 bits per heavy atom. The van der Waals surface area contributed by atoms with Crippen LogP contribution < -0.4 is 5.56 Å². The van der Waals surface area contributed by atoms with E-state index in [2.05, 4.69) is 19.7 Å². The molecule has 3 aliphatic rings. The highest BCUT2D eigenvalue weighted by Crippen LogP contribution is 2.34. The van der Waals surface area contributed by atoms with Crippen LogP contribution in [0, 0.1) is 0 Å². The Morgan fingerprint density at radius 1 is 1.29 bits per heavy atom. The van der Waals surface area contributed by atoms with Crippen molar-refractivity contribution in [2.75, 3.05) is 0 Å². The number of hydrogen-bond donors (Lipinski definition) is 2. The van der Waals surface area contributed by atoms with E-state index in [1.807, 2.05) is 6.92 Å². The fraction of sp³-hybridized carbons (Fsp3) is 0.389. The third kappa shape index (κ3) is 2.38. The summed E-state index contributed by atoms with van der Waals surface area (Å²) in [5.74, 6) is 1.17. The quantitative estimate of drug-likeness (QED) is 0.775. The number of benzene rings is 1. The molecule has 4 rings (SSSR count). The summed E-state index contributed by atoms with van der Waals surface area (Å²) in [5, 5.41) is 13.1. The largest absolute Gasteiger partial charge is 0.508 e. The molecule has 24 heavy (non-hydrogen) atoms. The molecule has 0 aromatic heterocycles. The van der Waals surface area contributed by atoms with E-state index in [1.165, 1.54) is 12.8 Å². The summed E-state index contributed by atoms with van der Waals surface area (Å²) < 4.78 is 2.05. The molecule has 1 fully saturated rings. The van der Waals surface area contributed by atoms with Crippen molar-refractivity contribution in [3.63, 3.8) is 0 Å². The number of nitrogens with zero attached hydrogens (tertiary/aromatic N) is 3. The van der Waals surface area contributed by atoms with E-state index in [9.17, 15) is 9.90 Å². The zero-order valence-corrected chi connectivity index (χ0v) is 13.6. The molecule has 0 bridgehead atoms. The number of aryl methyl sites for hydroxylation is 1. The van der Waals surface area contributed by atoms with Crippen molar-refractivity contribution in [1.29, 1.82) is 0 Å². The lowest BCUT2D eigenvalue weighted by Gasteiger charge is -2.13. The van der Waals surface area contributed by atoms with Gasteiger partial charge < -0.3 is 5.11 Å². The number of fused-ring (bicyclic) bond motifs is 1. The van der Waals surface area contributed by atoms with Crippen LogP contribution in [0.25, 0.3) is 22.8 Å². The van der Waals surface area contributed by atoms with Gasteiger partial charge in [0.25, 0.3) is 5.56 Å². The molecular formula is C18H20N4O2. The minimum absolute atomic E-state index is 0.135. The fourth-order valence-corrected chi connectivity index (χ4v) is 3.58. The van der Waals surface area contributed by atoms with Crippen LogP contribution in [-0.4, -0.2) is 24.9 Å². The molecule has 1 saturated carbocycles. The van der Waals surface area contributed by atoms with Gasteiger partial charge in [0.1, 0.15) is 11.3 Å². The van der Waals surface area contributed by atoms with Crippen LogP contribution in [-0.2, 0) is 6.42 Å². The predicted octanol–water partition coefficient (Wildman–Crippen LogP) is 3.12. The van der Waals surface area contributed by atoms with Gasteiger partial charge >= 0.3 is 0 Å². The Labute approximate surface area is 139 Å². The summed E-state index contributed by atoms with van der Waals surface area (Å²) in [7, 11) is 0. The summed E-state index contributed by atoms with van der Waals surface area (Å²) in [6, 6.07) is 7.05. The summed E-state index contributed by atoms with van der Waals surface area (Å²) in [6.07, 6.45) is 5.34. The van der Waals surface area contributed by atoms with Crippen molar-refractivity contribution in [1.82, 2.24) is 19.7 Å². The van der Waals surface area contributed by atoms with Crippen LogP contribution in [0.4, 0.5) is 0 Å². The number of aromatic hydroxyl groups is 1. The molecule has 2 heterocycles. The molecule has 0 atom stereocenters. The zero-order chi connectivity index (χ0) is 16.7. The van der Waals surface area contributed by atoms with Crippen molar-refractivity contribution in [3.05, 3.63) is 40.3 Å². The first kappa shape index (κ1) is 14.9. The highest BCUT2D eigenvalue weighted by atomic mass is 16.3. The molecule has 1 aromatic rings. The molecule has 0 amide bonds. The van der Waals surface area contributed by atoms with Crippen molar-refractivity contribution in [3.8, 4) is 28.5 Å². The highest BCUT2D eigenvalue weighted by molar-refractivity contribution is 5.65. The van der Waals surface area contributed by atoms with Gasteiger partial charge in [0.05, 0.1) is 6.04 Å². The smallest absolute Gasteiger partial charge is 0.284 e. The van der Waals surface area contributed by atoms with Gasteiger partial charge in [-0.25, -0.2) is 4.98 Å². The Bertz CT molecular complexity index is 906. The molecule has 2 N–H and O–H groups in total. The maximum Gasteiger partial charge on any atom is 0.284 e. The third-order valence-corrected chi connectivity index (χ3v) is 4.79. The van der Waals surface area contributed by atoms with Crippen LogP contribution in [0.2, 0.25) is 0 Å². The molecule has 1 aromatic carbocycles. The minimum atomic E-state index is -0.261. The molecule has 0 radical (unpaired) electrons. The average molecular weight is 324 g/mol. The second-order valence-electron chi connectivity index (χ2n) is 6.35. The van der Waals surface area contributed by atoms with Crippen LogP contribution in [0.3, 0.4) is 0 Å². The van der Waals surface area contributed by atoms with Crippen LogP contribution >= 0.6 is 0 Å². The Kier molecular flexibility index (Phi) is 3.59. The number of aromatic amines is 1. The lowest BCUT2D eigenvalue weighted by Crippen LogP contribution is -2.17. The van der Waals surface area contributed by atoms with Gasteiger partial charge in [0.2, 0.25) is 0 Å². The number of aromatic nitrogens is 4. The summed E-state index contributed by atoms with van der Waals surface area (Å²) in [6.45, 7) is 2.02. The maximum atomic E-state index is 12.6. The van der Waals surface area contributed by atoms with E-state index < -0.39 is 0 Å². The molecule has 1 aliphatic carbocycles. The number of nitrogens with one attached hydrogen (secondary N) is 1. The first-order valence-corrected chi connectivity index (χ1v) is 8.48. The number of phenols is 1. The van der Waals surface area contributed by atoms with E-state index in [1.54, 1.807) is 24.3 Å². The summed E-state index contributed by atoms with van der Waals surface area (Å²) >= 11 is 0. The van der Waals surface area contributed by atoms with Gasteiger partial charge in [-0.3, -0.25) is 14.6 Å². The van der Waals surface area contributed by atoms with Crippen LogP contribution in [0.1, 0.15) is 44.3 Å². The second kappa shape index (κ2) is 5.78. The number of H-pyrrole nitrogens is 1. The Morgan fingerprint density at radius 3 is 2.79 bits per heavy atom. The van der Waals surface area contributed by atoms with Gasteiger partial charge in [-0.2, -0.15) is 4.98 Å². The number of rotatable bonds is 3. The molecule has 2 aliphatic heterocycles. The van der Waals surface area contributed by atoms with E-state index in [-0.39, 0.29) is 11.3 Å². The van der Waals surface area contributed by atoms with Gasteiger partial charge in [-0.1, -0.05) is 31.9 Å². The normalized spacial score (nSPS) is 15.4. The third-order valence-electron chi connectivity index (χ3n) is 4.79. The van der Waals surface area contributed by atoms with E-state index in [0.717, 1.165) is 25.0 Å². The maximum absolute atomic E-state index is 12.6. The molecule has 0 saturated heterocycles. The molecule has 124 valence electrons. The second-order valence-corrected chi connectivity index (χ2v) is 6.35. The zero-order valence-electron chi connectivity index (χ0n) is 13.6. The summed E-state index contributed by atoms with van der Waals surface area (Å²) in [4.78, 5) is 21.4. The lowest BCUT2D eigenvalue weighted by atomic mass is 10.1. The Balaban J connectivity index is 1.93. The molecular weight excluding hydrogens is 304 g/mol. The van der Waals surface area contributed by atoms with Crippen LogP contribution in [0.15, 0.2) is 29.1 Å². The molecule has 0 spiro atoms. The van der Waals surface area contributed by atoms with E-state index in [4.69, 9.17) is 0 Å². The topological polar surface area (TPSA) is 83.8 Å². The van der Waals surface area contributed by atoms with Crippen LogP contribution in [0.5, 0.6) is 5.75 Å². The van der Waals surface area contributed by atoms with Crippen molar-refractivity contribution >= 4 is 0 Å². The number of phenolic OH excluding ortho intramolecular Hbond substituents is 1. The van der Waals surface area contributed by atoms with E-state index in [0.29, 0.717) is 28.8 Å². The van der Waals surface area contributed by atoms with E-state index >= 15 is 0 Å². The standard InChI is InChI=1S/C18H20N4O2/c1-2-14-15-17(22(21-14)12-7-3-4-8-12)19-16(20-18(15)24)11-6-5-9-13(23)10-11/h5-6,9-10,12,21,23H,2-4,7-8H2,1H3. The first-order valence-electron chi connectivity index (χ1n) is 8.48. The van der Waals surface area contributed by atoms with Gasteiger partial charge in [-0.05, 0) is 31.4 Å². The van der Waals surface area contributed by atoms with Crippen molar-refractivity contribution < 1.29 is 5.11 Å². The molecule has 6 nitrogen and oxygen atoms in total. The minimum Gasteiger partial charge on any atom is -0.508 e. The van der Waals surface area contributed by atoms with Gasteiger partial charge in [-0.15, -0.1) is 0 Å². The molecule has 0 unspecified atom stereocenters. The monoisotopic (exact) mass is 324 g/mol. The Hall–Kier alpha value is -2.63. The average Bonchev–Trinajstić information content (AvgIpc) is 3.22. The highest BCUT2D eigenvalue weighted by Gasteiger charge is 2.27.